The summed E-state index contributed by atoms with van der Waals surface area (Å²) in [4.78, 5) is 32.0. The van der Waals surface area contributed by atoms with Crippen LogP contribution in [0.3, 0.4) is 0 Å². The second kappa shape index (κ2) is 10.6. The summed E-state index contributed by atoms with van der Waals surface area (Å²) in [6.45, 7) is 4.10. The monoisotopic (exact) mass is 501 g/mol. The van der Waals surface area contributed by atoms with Crippen molar-refractivity contribution in [2.45, 2.75) is 25.5 Å². The molecule has 28 heavy (non-hydrogen) atoms. The van der Waals surface area contributed by atoms with Crippen LogP contribution in [0.4, 0.5) is 0 Å². The lowest BCUT2D eigenvalue weighted by atomic mass is 10.1. The molecule has 0 radical (unpaired) electrons. The van der Waals surface area contributed by atoms with Gasteiger partial charge in [-0.3, -0.25) is 14.6 Å². The van der Waals surface area contributed by atoms with E-state index in [9.17, 15) is 9.59 Å². The number of nitrogens with zero attached hydrogens (tertiary/aromatic N) is 3. The van der Waals surface area contributed by atoms with Crippen LogP contribution in [-0.4, -0.2) is 73.5 Å². The van der Waals surface area contributed by atoms with Gasteiger partial charge < -0.3 is 25.6 Å². The van der Waals surface area contributed by atoms with E-state index < -0.39 is 5.91 Å². The van der Waals surface area contributed by atoms with E-state index in [1.54, 1.807) is 19.2 Å². The van der Waals surface area contributed by atoms with E-state index in [1.165, 1.54) is 0 Å². The van der Waals surface area contributed by atoms with Gasteiger partial charge in [0, 0.05) is 51.9 Å². The van der Waals surface area contributed by atoms with Crippen LogP contribution in [0, 0.1) is 0 Å². The SMILES string of the molecule is CN=C(NCc1ccc(C(N)=O)cc1)N1CCN(C(=O)C2CCCO2)CC1.I. The number of carbonyl (C=O) groups is 2. The first-order valence-corrected chi connectivity index (χ1v) is 9.33. The highest BCUT2D eigenvalue weighted by Gasteiger charge is 2.30. The van der Waals surface area contributed by atoms with Crippen LogP contribution >= 0.6 is 24.0 Å². The molecule has 154 valence electrons. The molecule has 0 bridgehead atoms. The Morgan fingerprint density at radius 3 is 2.36 bits per heavy atom. The Morgan fingerprint density at radius 1 is 1.18 bits per heavy atom. The van der Waals surface area contributed by atoms with Crippen molar-refractivity contribution >= 4 is 41.8 Å². The lowest BCUT2D eigenvalue weighted by Crippen LogP contribution is -2.55. The molecule has 0 spiro atoms. The highest BCUT2D eigenvalue weighted by molar-refractivity contribution is 14.0. The fourth-order valence-corrected chi connectivity index (χ4v) is 3.41. The zero-order valence-corrected chi connectivity index (χ0v) is 18.4. The Hall–Kier alpha value is -1.88. The molecule has 1 unspecified atom stereocenters. The van der Waals surface area contributed by atoms with Gasteiger partial charge in [0.05, 0.1) is 0 Å². The van der Waals surface area contributed by atoms with E-state index in [4.69, 9.17) is 10.5 Å². The van der Waals surface area contributed by atoms with E-state index in [0.717, 1.165) is 37.5 Å². The van der Waals surface area contributed by atoms with Gasteiger partial charge in [0.2, 0.25) is 5.91 Å². The molecule has 1 aromatic carbocycles. The number of rotatable bonds is 4. The van der Waals surface area contributed by atoms with Gasteiger partial charge in [0.25, 0.3) is 5.91 Å². The van der Waals surface area contributed by atoms with Crippen LogP contribution in [0.2, 0.25) is 0 Å². The van der Waals surface area contributed by atoms with E-state index in [0.29, 0.717) is 31.8 Å². The van der Waals surface area contributed by atoms with Gasteiger partial charge in [-0.2, -0.15) is 0 Å². The Bertz CT molecular complexity index is 696. The number of hydrogen-bond acceptors (Lipinski definition) is 4. The summed E-state index contributed by atoms with van der Waals surface area (Å²) in [7, 11) is 1.75. The third-order valence-electron chi connectivity index (χ3n) is 5.00. The summed E-state index contributed by atoms with van der Waals surface area (Å²) in [6.07, 6.45) is 1.54. The molecule has 0 aliphatic carbocycles. The predicted octanol–water partition coefficient (Wildman–Crippen LogP) is 0.802. The van der Waals surface area contributed by atoms with Gasteiger partial charge in [-0.05, 0) is 30.5 Å². The maximum Gasteiger partial charge on any atom is 0.251 e. The minimum Gasteiger partial charge on any atom is -0.368 e. The predicted molar refractivity (Wildman–Crippen MR) is 118 cm³/mol. The number of piperazine rings is 1. The van der Waals surface area contributed by atoms with Gasteiger partial charge in [-0.25, -0.2) is 0 Å². The lowest BCUT2D eigenvalue weighted by molar-refractivity contribution is -0.142. The summed E-state index contributed by atoms with van der Waals surface area (Å²) < 4.78 is 5.50. The Morgan fingerprint density at radius 2 is 1.82 bits per heavy atom. The number of guanidine groups is 1. The molecule has 8 nitrogen and oxygen atoms in total. The third-order valence-corrected chi connectivity index (χ3v) is 5.00. The van der Waals surface area contributed by atoms with Gasteiger partial charge in [-0.1, -0.05) is 12.1 Å². The molecular formula is C19H28IN5O3. The molecule has 2 heterocycles. The van der Waals surface area contributed by atoms with E-state index >= 15 is 0 Å². The molecule has 2 aliphatic heterocycles. The smallest absolute Gasteiger partial charge is 0.251 e. The molecule has 1 atom stereocenters. The van der Waals surface area contributed by atoms with Crippen molar-refractivity contribution in [3.05, 3.63) is 35.4 Å². The quantitative estimate of drug-likeness (QED) is 0.361. The van der Waals surface area contributed by atoms with Crippen LogP contribution in [0.1, 0.15) is 28.8 Å². The summed E-state index contributed by atoms with van der Waals surface area (Å²) in [5, 5.41) is 3.33. The summed E-state index contributed by atoms with van der Waals surface area (Å²) >= 11 is 0. The van der Waals surface area contributed by atoms with Gasteiger partial charge >= 0.3 is 0 Å². The number of halogens is 1. The van der Waals surface area contributed by atoms with Crippen molar-refractivity contribution in [3.63, 3.8) is 0 Å². The topological polar surface area (TPSA) is 100 Å². The molecule has 1 aromatic rings. The van der Waals surface area contributed by atoms with Crippen molar-refractivity contribution in [2.75, 3.05) is 39.8 Å². The average Bonchev–Trinajstić information content (AvgIpc) is 3.23. The minimum atomic E-state index is -0.430. The molecule has 0 saturated carbocycles. The van der Waals surface area contributed by atoms with Crippen molar-refractivity contribution in [1.29, 1.82) is 0 Å². The van der Waals surface area contributed by atoms with Crippen molar-refractivity contribution in [1.82, 2.24) is 15.1 Å². The molecule has 2 fully saturated rings. The maximum atomic E-state index is 12.4. The average molecular weight is 501 g/mol. The van der Waals surface area contributed by atoms with Crippen molar-refractivity contribution in [3.8, 4) is 0 Å². The molecule has 2 saturated heterocycles. The van der Waals surface area contributed by atoms with Crippen LogP contribution in [0.15, 0.2) is 29.3 Å². The first-order valence-electron chi connectivity index (χ1n) is 9.33. The van der Waals surface area contributed by atoms with E-state index in [-0.39, 0.29) is 36.0 Å². The number of nitrogens with one attached hydrogen (secondary N) is 1. The highest BCUT2D eigenvalue weighted by atomic mass is 127. The molecule has 2 aliphatic rings. The molecule has 3 N–H and O–H groups in total. The number of amides is 2. The largest absolute Gasteiger partial charge is 0.368 e. The van der Waals surface area contributed by atoms with Gasteiger partial charge in [0.1, 0.15) is 6.10 Å². The molecule has 3 rings (SSSR count). The van der Waals surface area contributed by atoms with Crippen molar-refractivity contribution in [2.24, 2.45) is 10.7 Å². The number of benzene rings is 1. The molecule has 2 amide bonds. The fraction of sp³-hybridized carbons (Fsp3) is 0.526. The third kappa shape index (κ3) is 5.57. The Kier molecular flexibility index (Phi) is 8.49. The Labute approximate surface area is 182 Å². The lowest BCUT2D eigenvalue weighted by Gasteiger charge is -2.37. The number of carbonyl (C=O) groups excluding carboxylic acids is 2. The van der Waals surface area contributed by atoms with Crippen LogP contribution in [0.5, 0.6) is 0 Å². The molecule has 0 aromatic heterocycles. The first-order chi connectivity index (χ1) is 13.1. The fourth-order valence-electron chi connectivity index (χ4n) is 3.41. The number of primary amides is 1. The molecule has 9 heteroatoms. The van der Waals surface area contributed by atoms with Gasteiger partial charge in [-0.15, -0.1) is 24.0 Å². The second-order valence-electron chi connectivity index (χ2n) is 6.78. The molecular weight excluding hydrogens is 473 g/mol. The van der Waals surface area contributed by atoms with Crippen molar-refractivity contribution < 1.29 is 14.3 Å². The summed E-state index contributed by atoms with van der Waals surface area (Å²) in [6, 6.07) is 7.19. The maximum absolute atomic E-state index is 12.4. The van der Waals surface area contributed by atoms with Gasteiger partial charge in [0.15, 0.2) is 5.96 Å². The number of ether oxygens (including phenoxy) is 1. The Balaban J connectivity index is 0.00000280. The minimum absolute atomic E-state index is 0. The van der Waals surface area contributed by atoms with E-state index in [2.05, 4.69) is 15.2 Å². The van der Waals surface area contributed by atoms with Crippen LogP contribution in [-0.2, 0) is 16.1 Å². The van der Waals surface area contributed by atoms with Crippen LogP contribution < -0.4 is 11.1 Å². The summed E-state index contributed by atoms with van der Waals surface area (Å²) in [5.74, 6) is 0.489. The summed E-state index contributed by atoms with van der Waals surface area (Å²) in [5.41, 5.74) is 6.79. The zero-order valence-electron chi connectivity index (χ0n) is 16.1. The number of hydrogen-bond donors (Lipinski definition) is 2. The first kappa shape index (κ1) is 22.4. The highest BCUT2D eigenvalue weighted by Crippen LogP contribution is 2.16. The number of nitrogens with two attached hydrogens (primary N) is 1. The normalized spacial score (nSPS) is 19.9. The van der Waals surface area contributed by atoms with E-state index in [1.807, 2.05) is 17.0 Å². The zero-order chi connectivity index (χ0) is 19.2. The number of aliphatic imine (C=N–C) groups is 1. The standard InChI is InChI=1S/C19H27N5O3.HI/c1-21-19(22-13-14-4-6-15(7-5-14)17(20)25)24-10-8-23(9-11-24)18(26)16-3-2-12-27-16;/h4-7,16H,2-3,8-13H2,1H3,(H2,20,25)(H,21,22);1H. The second-order valence-corrected chi connectivity index (χ2v) is 6.78. The van der Waals surface area contributed by atoms with Crippen LogP contribution in [0.25, 0.3) is 0 Å².